The van der Waals surface area contributed by atoms with Gasteiger partial charge in [-0.15, -0.1) is 0 Å². The maximum atomic E-state index is 5.38. The first kappa shape index (κ1) is 14.2. The predicted octanol–water partition coefficient (Wildman–Crippen LogP) is 1.01. The highest BCUT2D eigenvalue weighted by atomic mass is 16.7. The van der Waals surface area contributed by atoms with E-state index in [0.717, 1.165) is 28.7 Å². The van der Waals surface area contributed by atoms with Crippen molar-refractivity contribution in [1.29, 1.82) is 0 Å². The van der Waals surface area contributed by atoms with Gasteiger partial charge < -0.3 is 20.1 Å². The average molecular weight is 301 g/mol. The summed E-state index contributed by atoms with van der Waals surface area (Å²) in [5.41, 5.74) is 2.19. The van der Waals surface area contributed by atoms with Crippen LogP contribution in [0.25, 0.3) is 0 Å². The van der Waals surface area contributed by atoms with Gasteiger partial charge in [0, 0.05) is 26.8 Å². The molecule has 0 spiro atoms. The summed E-state index contributed by atoms with van der Waals surface area (Å²) in [4.78, 5) is 4.21. The molecule has 7 nitrogen and oxygen atoms in total. The maximum absolute atomic E-state index is 5.38. The Labute approximate surface area is 129 Å². The minimum absolute atomic E-state index is 0.292. The van der Waals surface area contributed by atoms with Crippen LogP contribution in [-0.2, 0) is 20.1 Å². The van der Waals surface area contributed by atoms with Crippen molar-refractivity contribution in [3.63, 3.8) is 0 Å². The van der Waals surface area contributed by atoms with Crippen LogP contribution in [0.5, 0.6) is 11.5 Å². The van der Waals surface area contributed by atoms with Gasteiger partial charge in [-0.05, 0) is 23.8 Å². The van der Waals surface area contributed by atoms with Crippen LogP contribution in [0.2, 0.25) is 0 Å². The van der Waals surface area contributed by atoms with Gasteiger partial charge in [-0.3, -0.25) is 9.67 Å². The summed E-state index contributed by atoms with van der Waals surface area (Å²) in [7, 11) is 3.66. The first-order chi connectivity index (χ1) is 10.8. The van der Waals surface area contributed by atoms with Crippen LogP contribution in [0, 0.1) is 0 Å². The van der Waals surface area contributed by atoms with Crippen molar-refractivity contribution in [1.82, 2.24) is 20.4 Å². The zero-order valence-corrected chi connectivity index (χ0v) is 12.7. The monoisotopic (exact) mass is 301 g/mol. The van der Waals surface area contributed by atoms with Crippen LogP contribution in [-0.4, -0.2) is 29.6 Å². The highest BCUT2D eigenvalue weighted by Gasteiger charge is 2.13. The third-order valence-electron chi connectivity index (χ3n) is 3.48. The lowest BCUT2D eigenvalue weighted by Crippen LogP contribution is -2.36. The van der Waals surface area contributed by atoms with Gasteiger partial charge in [-0.1, -0.05) is 6.07 Å². The summed E-state index contributed by atoms with van der Waals surface area (Å²) in [5.74, 6) is 2.32. The van der Waals surface area contributed by atoms with Crippen LogP contribution < -0.4 is 20.1 Å². The molecular formula is C15H19N5O2. The Morgan fingerprint density at radius 2 is 2.05 bits per heavy atom. The molecule has 0 fully saturated rings. The lowest BCUT2D eigenvalue weighted by atomic mass is 10.2. The zero-order chi connectivity index (χ0) is 15.4. The van der Waals surface area contributed by atoms with Crippen molar-refractivity contribution in [2.24, 2.45) is 12.0 Å². The number of benzene rings is 1. The molecule has 0 unspecified atom stereocenters. The Balaban J connectivity index is 1.54. The third-order valence-corrected chi connectivity index (χ3v) is 3.48. The summed E-state index contributed by atoms with van der Waals surface area (Å²) in [6, 6.07) is 7.88. The molecule has 2 heterocycles. The van der Waals surface area contributed by atoms with Gasteiger partial charge in [0.05, 0.1) is 12.2 Å². The first-order valence-electron chi connectivity index (χ1n) is 7.06. The molecule has 1 aromatic carbocycles. The van der Waals surface area contributed by atoms with E-state index in [1.807, 2.05) is 36.0 Å². The number of aryl methyl sites for hydroxylation is 1. The van der Waals surface area contributed by atoms with Crippen molar-refractivity contribution in [2.75, 3.05) is 13.8 Å². The van der Waals surface area contributed by atoms with Crippen molar-refractivity contribution >= 4 is 5.96 Å². The molecule has 0 saturated heterocycles. The van der Waals surface area contributed by atoms with Gasteiger partial charge in [0.2, 0.25) is 6.79 Å². The van der Waals surface area contributed by atoms with E-state index in [-0.39, 0.29) is 0 Å². The Hall–Kier alpha value is -2.70. The van der Waals surface area contributed by atoms with Crippen molar-refractivity contribution in [3.05, 3.63) is 41.7 Å². The van der Waals surface area contributed by atoms with E-state index in [9.17, 15) is 0 Å². The third kappa shape index (κ3) is 3.13. The van der Waals surface area contributed by atoms with Crippen molar-refractivity contribution in [2.45, 2.75) is 13.1 Å². The largest absolute Gasteiger partial charge is 0.454 e. The van der Waals surface area contributed by atoms with Gasteiger partial charge in [-0.25, -0.2) is 0 Å². The van der Waals surface area contributed by atoms with Crippen molar-refractivity contribution in [3.8, 4) is 11.5 Å². The van der Waals surface area contributed by atoms with Crippen LogP contribution in [0.15, 0.2) is 35.5 Å². The van der Waals surface area contributed by atoms with Gasteiger partial charge in [0.15, 0.2) is 17.5 Å². The summed E-state index contributed by atoms with van der Waals surface area (Å²) in [6.45, 7) is 1.61. The van der Waals surface area contributed by atoms with Gasteiger partial charge in [0.1, 0.15) is 0 Å². The summed E-state index contributed by atoms with van der Waals surface area (Å²) >= 11 is 0. The SMILES string of the molecule is CN=C(NCc1ccc2c(c1)OCO2)NCc1ccnn1C. The number of hydrogen-bond acceptors (Lipinski definition) is 4. The number of rotatable bonds is 4. The van der Waals surface area contributed by atoms with Gasteiger partial charge in [0.25, 0.3) is 0 Å². The first-order valence-corrected chi connectivity index (χ1v) is 7.06. The fourth-order valence-electron chi connectivity index (χ4n) is 2.21. The number of ether oxygens (including phenoxy) is 2. The fraction of sp³-hybridized carbons (Fsp3) is 0.333. The summed E-state index contributed by atoms with van der Waals surface area (Å²) in [5, 5.41) is 10.7. The lowest BCUT2D eigenvalue weighted by Gasteiger charge is -2.12. The van der Waals surface area contributed by atoms with E-state index in [0.29, 0.717) is 19.9 Å². The second-order valence-corrected chi connectivity index (χ2v) is 4.91. The maximum Gasteiger partial charge on any atom is 0.231 e. The number of aromatic nitrogens is 2. The molecule has 0 amide bonds. The molecule has 0 saturated carbocycles. The quantitative estimate of drug-likeness (QED) is 0.651. The Kier molecular flexibility index (Phi) is 4.13. The number of guanidine groups is 1. The van der Waals surface area contributed by atoms with Crippen LogP contribution >= 0.6 is 0 Å². The van der Waals surface area contributed by atoms with Gasteiger partial charge in [-0.2, -0.15) is 5.10 Å². The number of aliphatic imine (C=N–C) groups is 1. The minimum atomic E-state index is 0.292. The molecule has 0 aliphatic carbocycles. The molecule has 1 aliphatic rings. The van der Waals surface area contributed by atoms with E-state index in [2.05, 4.69) is 20.7 Å². The van der Waals surface area contributed by atoms with E-state index in [1.54, 1.807) is 13.2 Å². The highest BCUT2D eigenvalue weighted by Crippen LogP contribution is 2.32. The van der Waals surface area contributed by atoms with E-state index < -0.39 is 0 Å². The topological polar surface area (TPSA) is 72.7 Å². The standard InChI is InChI=1S/C15H19N5O2/c1-16-15(18-9-12-5-6-19-20(12)2)17-8-11-3-4-13-14(7-11)22-10-21-13/h3-7H,8-10H2,1-2H3,(H2,16,17,18). The fourth-order valence-corrected chi connectivity index (χ4v) is 2.21. The number of hydrogen-bond donors (Lipinski definition) is 2. The van der Waals surface area contributed by atoms with E-state index >= 15 is 0 Å². The molecule has 2 aromatic rings. The lowest BCUT2D eigenvalue weighted by molar-refractivity contribution is 0.174. The molecule has 2 N–H and O–H groups in total. The van der Waals surface area contributed by atoms with Crippen LogP contribution in [0.4, 0.5) is 0 Å². The molecule has 22 heavy (non-hydrogen) atoms. The number of fused-ring (bicyclic) bond motifs is 1. The Bertz CT molecular complexity index is 680. The second kappa shape index (κ2) is 6.38. The second-order valence-electron chi connectivity index (χ2n) is 4.91. The molecule has 1 aromatic heterocycles. The zero-order valence-electron chi connectivity index (χ0n) is 12.7. The Morgan fingerprint density at radius 1 is 1.23 bits per heavy atom. The summed E-state index contributed by atoms with van der Waals surface area (Å²) in [6.07, 6.45) is 1.78. The van der Waals surface area contributed by atoms with Crippen molar-refractivity contribution < 1.29 is 9.47 Å². The number of nitrogens with zero attached hydrogens (tertiary/aromatic N) is 3. The molecule has 1 aliphatic heterocycles. The average Bonchev–Trinajstić information content (AvgIpc) is 3.15. The Morgan fingerprint density at radius 3 is 2.82 bits per heavy atom. The molecule has 0 bridgehead atoms. The van der Waals surface area contributed by atoms with E-state index in [4.69, 9.17) is 9.47 Å². The molecule has 0 atom stereocenters. The molecule has 116 valence electrons. The minimum Gasteiger partial charge on any atom is -0.454 e. The molecule has 7 heteroatoms. The van der Waals surface area contributed by atoms with Gasteiger partial charge >= 0.3 is 0 Å². The van der Waals surface area contributed by atoms with Crippen LogP contribution in [0.3, 0.4) is 0 Å². The summed E-state index contributed by atoms with van der Waals surface area (Å²) < 4.78 is 12.5. The molecule has 0 radical (unpaired) electrons. The normalized spacial score (nSPS) is 13.3. The molecular weight excluding hydrogens is 282 g/mol. The van der Waals surface area contributed by atoms with E-state index in [1.165, 1.54) is 0 Å². The molecule has 3 rings (SSSR count). The highest BCUT2D eigenvalue weighted by molar-refractivity contribution is 5.79. The number of nitrogens with one attached hydrogen (secondary N) is 2. The smallest absolute Gasteiger partial charge is 0.231 e. The van der Waals surface area contributed by atoms with Crippen LogP contribution in [0.1, 0.15) is 11.3 Å². The predicted molar refractivity (Wildman–Crippen MR) is 82.8 cm³/mol.